The molecule has 1 heterocycles. The number of amides is 2. The number of rotatable bonds is 10. The first-order valence-electron chi connectivity index (χ1n) is 11.1. The summed E-state index contributed by atoms with van der Waals surface area (Å²) in [4.78, 5) is 29.8. The van der Waals surface area contributed by atoms with Gasteiger partial charge < -0.3 is 14.5 Å². The molecular weight excluding hydrogens is 414 g/mol. The highest BCUT2D eigenvalue weighted by Crippen LogP contribution is 2.20. The van der Waals surface area contributed by atoms with Crippen LogP contribution in [-0.4, -0.2) is 54.0 Å². The molecule has 1 aliphatic heterocycles. The summed E-state index contributed by atoms with van der Waals surface area (Å²) in [6.45, 7) is 8.09. The fraction of sp³-hybridized carbons (Fsp3) is 0.440. The molecule has 2 aromatic carbocycles. The minimum atomic E-state index is -0.689. The number of halogens is 2. The van der Waals surface area contributed by atoms with Crippen molar-refractivity contribution >= 4 is 11.8 Å². The second kappa shape index (κ2) is 10.7. The second-order valence-electron chi connectivity index (χ2n) is 8.30. The molecule has 2 amide bonds. The number of carbonyl (C=O) groups excluding carboxylic acids is 2. The lowest BCUT2D eigenvalue weighted by Crippen LogP contribution is -2.35. The van der Waals surface area contributed by atoms with Gasteiger partial charge in [-0.15, -0.1) is 0 Å². The molecule has 0 saturated carbocycles. The monoisotopic (exact) mass is 444 g/mol. The zero-order valence-electron chi connectivity index (χ0n) is 18.9. The predicted octanol–water partition coefficient (Wildman–Crippen LogP) is 4.58. The van der Waals surface area contributed by atoms with Crippen LogP contribution in [0.25, 0.3) is 0 Å². The van der Waals surface area contributed by atoms with Gasteiger partial charge in [0.15, 0.2) is 0 Å². The van der Waals surface area contributed by atoms with Gasteiger partial charge in [0, 0.05) is 43.4 Å². The van der Waals surface area contributed by atoms with Gasteiger partial charge >= 0.3 is 0 Å². The number of aryl methyl sites for hydroxylation is 1. The van der Waals surface area contributed by atoms with Crippen LogP contribution in [0.3, 0.4) is 0 Å². The van der Waals surface area contributed by atoms with Crippen LogP contribution in [0.1, 0.15) is 58.5 Å². The first kappa shape index (κ1) is 23.9. The molecule has 0 aliphatic carbocycles. The number of ether oxygens (including phenoxy) is 1. The Hall–Kier alpha value is -2.80. The van der Waals surface area contributed by atoms with Crippen LogP contribution in [0.2, 0.25) is 0 Å². The molecular formula is C25H30F2N2O3. The Balaban J connectivity index is 1.87. The van der Waals surface area contributed by atoms with E-state index in [-0.39, 0.29) is 24.5 Å². The number of benzene rings is 2. The molecule has 1 aliphatic rings. The summed E-state index contributed by atoms with van der Waals surface area (Å²) in [7, 11) is 0. The highest BCUT2D eigenvalue weighted by molar-refractivity contribution is 6.00. The van der Waals surface area contributed by atoms with Crippen molar-refractivity contribution < 1.29 is 23.1 Å². The average molecular weight is 445 g/mol. The van der Waals surface area contributed by atoms with E-state index in [9.17, 15) is 18.4 Å². The summed E-state index contributed by atoms with van der Waals surface area (Å²) in [6.07, 6.45) is 1.61. The van der Waals surface area contributed by atoms with E-state index in [1.165, 1.54) is 17.0 Å². The fourth-order valence-electron chi connectivity index (χ4n) is 3.81. The third-order valence-electron chi connectivity index (χ3n) is 5.25. The molecule has 0 bridgehead atoms. The Labute approximate surface area is 188 Å². The number of epoxide rings is 1. The normalized spacial score (nSPS) is 14.8. The molecule has 2 aromatic rings. The molecule has 0 spiro atoms. The highest BCUT2D eigenvalue weighted by Gasteiger charge is 2.29. The predicted molar refractivity (Wildman–Crippen MR) is 119 cm³/mol. The van der Waals surface area contributed by atoms with Crippen molar-refractivity contribution in [2.24, 2.45) is 0 Å². The highest BCUT2D eigenvalue weighted by atomic mass is 19.1. The minimum Gasteiger partial charge on any atom is -0.371 e. The van der Waals surface area contributed by atoms with Crippen molar-refractivity contribution in [2.45, 2.75) is 46.3 Å². The van der Waals surface area contributed by atoms with Crippen LogP contribution in [0.5, 0.6) is 0 Å². The lowest BCUT2D eigenvalue weighted by molar-refractivity contribution is 0.0729. The van der Waals surface area contributed by atoms with Crippen molar-refractivity contribution in [3.05, 3.63) is 70.3 Å². The lowest BCUT2D eigenvalue weighted by atomic mass is 10.0. The number of carbonyl (C=O) groups is 2. The maximum atomic E-state index is 13.7. The van der Waals surface area contributed by atoms with E-state index in [4.69, 9.17) is 4.74 Å². The first-order valence-corrected chi connectivity index (χ1v) is 11.1. The molecule has 0 N–H and O–H groups in total. The van der Waals surface area contributed by atoms with Gasteiger partial charge in [-0.05, 0) is 61.2 Å². The third-order valence-corrected chi connectivity index (χ3v) is 5.25. The van der Waals surface area contributed by atoms with E-state index in [0.29, 0.717) is 42.9 Å². The van der Waals surface area contributed by atoms with Crippen LogP contribution >= 0.6 is 0 Å². The standard InChI is InChI=1S/C25H30F2N2O3/c1-4-6-28(7-5-2)24(30)19-8-17(3)9-20(12-19)25(31)29(15-23-16-32-23)14-18-10-21(26)13-22(27)11-18/h8-13,23H,4-7,14-16H2,1-3H3/t23-/m1/s1. The Morgan fingerprint density at radius 1 is 0.906 bits per heavy atom. The molecule has 1 fully saturated rings. The zero-order chi connectivity index (χ0) is 23.3. The summed E-state index contributed by atoms with van der Waals surface area (Å²) in [5.41, 5.74) is 2.00. The van der Waals surface area contributed by atoms with Gasteiger partial charge in [0.2, 0.25) is 0 Å². The lowest BCUT2D eigenvalue weighted by Gasteiger charge is -2.24. The van der Waals surface area contributed by atoms with Crippen LogP contribution < -0.4 is 0 Å². The summed E-state index contributed by atoms with van der Waals surface area (Å²) < 4.78 is 32.6. The quantitative estimate of drug-likeness (QED) is 0.504. The van der Waals surface area contributed by atoms with Gasteiger partial charge in [0.05, 0.1) is 12.7 Å². The van der Waals surface area contributed by atoms with Gasteiger partial charge in [0.1, 0.15) is 11.6 Å². The molecule has 0 aromatic heterocycles. The van der Waals surface area contributed by atoms with Crippen molar-refractivity contribution in [2.75, 3.05) is 26.2 Å². The van der Waals surface area contributed by atoms with E-state index in [1.54, 1.807) is 23.1 Å². The van der Waals surface area contributed by atoms with E-state index in [1.807, 2.05) is 20.8 Å². The molecule has 172 valence electrons. The SMILES string of the molecule is CCCN(CCC)C(=O)c1cc(C)cc(C(=O)N(Cc2cc(F)cc(F)c2)C[C@@H]2CO2)c1. The molecule has 1 saturated heterocycles. The molecule has 32 heavy (non-hydrogen) atoms. The first-order chi connectivity index (χ1) is 15.3. The van der Waals surface area contributed by atoms with Crippen LogP contribution in [-0.2, 0) is 11.3 Å². The van der Waals surface area contributed by atoms with Gasteiger partial charge in [0.25, 0.3) is 11.8 Å². The van der Waals surface area contributed by atoms with Crippen LogP contribution in [0, 0.1) is 18.6 Å². The van der Waals surface area contributed by atoms with E-state index >= 15 is 0 Å². The smallest absolute Gasteiger partial charge is 0.254 e. The largest absolute Gasteiger partial charge is 0.371 e. The number of hydrogen-bond acceptors (Lipinski definition) is 3. The zero-order valence-corrected chi connectivity index (χ0v) is 18.9. The maximum Gasteiger partial charge on any atom is 0.254 e. The summed E-state index contributed by atoms with van der Waals surface area (Å²) in [6, 6.07) is 8.37. The Bertz CT molecular complexity index is 949. The van der Waals surface area contributed by atoms with Gasteiger partial charge in [-0.1, -0.05) is 13.8 Å². The van der Waals surface area contributed by atoms with E-state index < -0.39 is 11.6 Å². The minimum absolute atomic E-state index is 0.0440. The topological polar surface area (TPSA) is 53.2 Å². The maximum absolute atomic E-state index is 13.7. The molecule has 3 rings (SSSR count). The molecule has 0 unspecified atom stereocenters. The van der Waals surface area contributed by atoms with Gasteiger partial charge in [-0.25, -0.2) is 8.78 Å². The fourth-order valence-corrected chi connectivity index (χ4v) is 3.81. The van der Waals surface area contributed by atoms with E-state index in [2.05, 4.69) is 0 Å². The van der Waals surface area contributed by atoms with Crippen molar-refractivity contribution in [1.29, 1.82) is 0 Å². The molecule has 0 radical (unpaired) electrons. The Kier molecular flexibility index (Phi) is 7.96. The number of nitrogens with zero attached hydrogens (tertiary/aromatic N) is 2. The van der Waals surface area contributed by atoms with Gasteiger partial charge in [-0.2, -0.15) is 0 Å². The van der Waals surface area contributed by atoms with Crippen LogP contribution in [0.4, 0.5) is 8.78 Å². The molecule has 1 atom stereocenters. The van der Waals surface area contributed by atoms with Crippen LogP contribution in [0.15, 0.2) is 36.4 Å². The molecule has 7 heteroatoms. The Morgan fingerprint density at radius 2 is 1.44 bits per heavy atom. The second-order valence-corrected chi connectivity index (χ2v) is 8.30. The van der Waals surface area contributed by atoms with Crippen molar-refractivity contribution in [3.8, 4) is 0 Å². The average Bonchev–Trinajstić information content (AvgIpc) is 3.55. The summed E-state index contributed by atoms with van der Waals surface area (Å²) in [5.74, 6) is -1.79. The summed E-state index contributed by atoms with van der Waals surface area (Å²) in [5, 5.41) is 0. The Morgan fingerprint density at radius 3 is 1.94 bits per heavy atom. The molecule has 5 nitrogen and oxygen atoms in total. The third kappa shape index (κ3) is 6.36. The summed E-state index contributed by atoms with van der Waals surface area (Å²) >= 11 is 0. The van der Waals surface area contributed by atoms with Crippen molar-refractivity contribution in [1.82, 2.24) is 9.80 Å². The van der Waals surface area contributed by atoms with Crippen molar-refractivity contribution in [3.63, 3.8) is 0 Å². The van der Waals surface area contributed by atoms with E-state index in [0.717, 1.165) is 24.5 Å². The number of hydrogen-bond donors (Lipinski definition) is 0. The van der Waals surface area contributed by atoms with Gasteiger partial charge in [-0.3, -0.25) is 9.59 Å².